The molecule has 3 aromatic heterocycles. The van der Waals surface area contributed by atoms with Gasteiger partial charge in [0.15, 0.2) is 0 Å². The zero-order valence-corrected chi connectivity index (χ0v) is 13.2. The monoisotopic (exact) mass is 313 g/mol. The highest BCUT2D eigenvalue weighted by Gasteiger charge is 2.24. The molecule has 0 spiro atoms. The Morgan fingerprint density at radius 2 is 2.18 bits per heavy atom. The summed E-state index contributed by atoms with van der Waals surface area (Å²) in [6, 6.07) is 2.04. The SMILES string of the molecule is Cc1nc2c(c(=O)n1C)CN(c1ncnc3sccc13)CC2. The number of fused-ring (bicyclic) bond motifs is 2. The fourth-order valence-corrected chi connectivity index (χ4v) is 3.62. The van der Waals surface area contributed by atoms with Crippen LogP contribution < -0.4 is 10.5 Å². The molecule has 6 nitrogen and oxygen atoms in total. The number of aromatic nitrogens is 4. The molecule has 0 N–H and O–H groups in total. The third-order valence-electron chi connectivity index (χ3n) is 4.20. The largest absolute Gasteiger partial charge is 0.351 e. The van der Waals surface area contributed by atoms with Crippen molar-refractivity contribution < 1.29 is 0 Å². The first-order valence-corrected chi connectivity index (χ1v) is 8.01. The molecule has 112 valence electrons. The highest BCUT2D eigenvalue weighted by molar-refractivity contribution is 7.16. The molecule has 0 aromatic carbocycles. The van der Waals surface area contributed by atoms with Gasteiger partial charge >= 0.3 is 0 Å². The zero-order chi connectivity index (χ0) is 15.3. The summed E-state index contributed by atoms with van der Waals surface area (Å²) in [6.07, 6.45) is 2.36. The van der Waals surface area contributed by atoms with Gasteiger partial charge in [-0.3, -0.25) is 9.36 Å². The molecular weight excluding hydrogens is 298 g/mol. The molecule has 0 fully saturated rings. The van der Waals surface area contributed by atoms with E-state index in [1.807, 2.05) is 18.4 Å². The molecule has 0 saturated carbocycles. The third-order valence-corrected chi connectivity index (χ3v) is 5.02. The Labute approximate surface area is 131 Å². The van der Waals surface area contributed by atoms with Crippen molar-refractivity contribution in [2.24, 2.45) is 7.05 Å². The lowest BCUT2D eigenvalue weighted by atomic mass is 10.1. The molecular formula is C15H15N5OS. The summed E-state index contributed by atoms with van der Waals surface area (Å²) in [5.41, 5.74) is 1.75. The van der Waals surface area contributed by atoms with Gasteiger partial charge in [0.05, 0.1) is 23.2 Å². The van der Waals surface area contributed by atoms with Gasteiger partial charge in [0.2, 0.25) is 0 Å². The predicted octanol–water partition coefficient (Wildman–Crippen LogP) is 1.66. The maximum Gasteiger partial charge on any atom is 0.258 e. The molecule has 0 bridgehead atoms. The molecule has 0 radical (unpaired) electrons. The summed E-state index contributed by atoms with van der Waals surface area (Å²) >= 11 is 1.60. The maximum atomic E-state index is 12.5. The molecule has 4 heterocycles. The lowest BCUT2D eigenvalue weighted by Crippen LogP contribution is -2.38. The van der Waals surface area contributed by atoms with Crippen LogP contribution in [0, 0.1) is 6.92 Å². The van der Waals surface area contributed by atoms with Crippen LogP contribution in [0.4, 0.5) is 5.82 Å². The first-order chi connectivity index (χ1) is 10.6. The van der Waals surface area contributed by atoms with Crippen molar-refractivity contribution in [2.45, 2.75) is 19.9 Å². The summed E-state index contributed by atoms with van der Waals surface area (Å²) in [5.74, 6) is 1.67. The standard InChI is InChI=1S/C15H15N5OS/c1-9-18-12-3-5-20(7-11(12)15(21)19(9)2)13-10-4-6-22-14(10)17-8-16-13/h4,6,8H,3,5,7H2,1-2H3. The smallest absolute Gasteiger partial charge is 0.258 e. The summed E-state index contributed by atoms with van der Waals surface area (Å²) in [6.45, 7) is 3.24. The highest BCUT2D eigenvalue weighted by Crippen LogP contribution is 2.29. The van der Waals surface area contributed by atoms with E-state index in [2.05, 4.69) is 19.9 Å². The van der Waals surface area contributed by atoms with E-state index in [0.717, 1.165) is 46.1 Å². The maximum absolute atomic E-state index is 12.5. The van der Waals surface area contributed by atoms with Crippen LogP contribution in [-0.2, 0) is 20.0 Å². The van der Waals surface area contributed by atoms with Gasteiger partial charge < -0.3 is 4.90 Å². The Hall–Kier alpha value is -2.28. The second-order valence-corrected chi connectivity index (χ2v) is 6.35. The van der Waals surface area contributed by atoms with Crippen LogP contribution in [-0.4, -0.2) is 26.1 Å². The topological polar surface area (TPSA) is 63.9 Å². The van der Waals surface area contributed by atoms with E-state index in [1.54, 1.807) is 29.3 Å². The van der Waals surface area contributed by atoms with E-state index in [-0.39, 0.29) is 5.56 Å². The predicted molar refractivity (Wildman–Crippen MR) is 86.4 cm³/mol. The summed E-state index contributed by atoms with van der Waals surface area (Å²) in [7, 11) is 1.77. The van der Waals surface area contributed by atoms with Crippen LogP contribution >= 0.6 is 11.3 Å². The number of aryl methyl sites for hydroxylation is 1. The fraction of sp³-hybridized carbons (Fsp3) is 0.333. The van der Waals surface area contributed by atoms with Crippen molar-refractivity contribution in [3.05, 3.63) is 45.2 Å². The van der Waals surface area contributed by atoms with Gasteiger partial charge in [-0.25, -0.2) is 15.0 Å². The Kier molecular flexibility index (Phi) is 2.97. The van der Waals surface area contributed by atoms with E-state index in [4.69, 9.17) is 0 Å². The van der Waals surface area contributed by atoms with Gasteiger partial charge in [-0.15, -0.1) is 11.3 Å². The minimum atomic E-state index is 0.0443. The van der Waals surface area contributed by atoms with Crippen LogP contribution in [0.3, 0.4) is 0 Å². The molecule has 0 saturated heterocycles. The first kappa shape index (κ1) is 13.4. The number of rotatable bonds is 1. The average molecular weight is 313 g/mol. The van der Waals surface area contributed by atoms with Crippen molar-refractivity contribution in [3.63, 3.8) is 0 Å². The van der Waals surface area contributed by atoms with Gasteiger partial charge in [-0.05, 0) is 18.4 Å². The van der Waals surface area contributed by atoms with E-state index >= 15 is 0 Å². The Morgan fingerprint density at radius 3 is 3.05 bits per heavy atom. The van der Waals surface area contributed by atoms with Crippen molar-refractivity contribution in [1.29, 1.82) is 0 Å². The number of thiophene rings is 1. The Morgan fingerprint density at radius 1 is 1.32 bits per heavy atom. The van der Waals surface area contributed by atoms with Gasteiger partial charge in [0.1, 0.15) is 22.8 Å². The number of nitrogens with zero attached hydrogens (tertiary/aromatic N) is 5. The Balaban J connectivity index is 1.81. The summed E-state index contributed by atoms with van der Waals surface area (Å²) < 4.78 is 1.61. The molecule has 1 aliphatic heterocycles. The van der Waals surface area contributed by atoms with Crippen LogP contribution in [0.25, 0.3) is 10.2 Å². The van der Waals surface area contributed by atoms with Gasteiger partial charge in [0, 0.05) is 20.0 Å². The van der Waals surface area contributed by atoms with Crippen molar-refractivity contribution in [1.82, 2.24) is 19.5 Å². The lowest BCUT2D eigenvalue weighted by Gasteiger charge is -2.29. The lowest BCUT2D eigenvalue weighted by molar-refractivity contribution is 0.651. The number of hydrogen-bond donors (Lipinski definition) is 0. The molecule has 7 heteroatoms. The molecule has 0 aliphatic carbocycles. The van der Waals surface area contributed by atoms with Crippen LogP contribution in [0.2, 0.25) is 0 Å². The first-order valence-electron chi connectivity index (χ1n) is 7.13. The minimum absolute atomic E-state index is 0.0443. The molecule has 3 aromatic rings. The van der Waals surface area contributed by atoms with Crippen LogP contribution in [0.15, 0.2) is 22.6 Å². The average Bonchev–Trinajstić information content (AvgIpc) is 3.01. The molecule has 0 amide bonds. The molecule has 0 unspecified atom stereocenters. The summed E-state index contributed by atoms with van der Waals surface area (Å²) in [4.78, 5) is 28.9. The van der Waals surface area contributed by atoms with Crippen molar-refractivity contribution in [3.8, 4) is 0 Å². The van der Waals surface area contributed by atoms with Crippen LogP contribution in [0.1, 0.15) is 17.1 Å². The van der Waals surface area contributed by atoms with Gasteiger partial charge in [-0.1, -0.05) is 0 Å². The zero-order valence-electron chi connectivity index (χ0n) is 12.4. The van der Waals surface area contributed by atoms with Gasteiger partial charge in [0.25, 0.3) is 5.56 Å². The number of hydrogen-bond acceptors (Lipinski definition) is 6. The normalized spacial score (nSPS) is 14.4. The minimum Gasteiger partial charge on any atom is -0.351 e. The highest BCUT2D eigenvalue weighted by atomic mass is 32.1. The molecule has 1 aliphatic rings. The fourth-order valence-electron chi connectivity index (χ4n) is 2.90. The number of anilines is 1. The van der Waals surface area contributed by atoms with Crippen molar-refractivity contribution in [2.75, 3.05) is 11.4 Å². The summed E-state index contributed by atoms with van der Waals surface area (Å²) in [5, 5.41) is 3.07. The van der Waals surface area contributed by atoms with E-state index in [1.165, 1.54) is 0 Å². The van der Waals surface area contributed by atoms with E-state index < -0.39 is 0 Å². The van der Waals surface area contributed by atoms with E-state index in [9.17, 15) is 4.79 Å². The van der Waals surface area contributed by atoms with Crippen molar-refractivity contribution >= 4 is 27.4 Å². The Bertz CT molecular complexity index is 929. The molecule has 22 heavy (non-hydrogen) atoms. The molecule has 0 atom stereocenters. The van der Waals surface area contributed by atoms with E-state index in [0.29, 0.717) is 6.54 Å². The van der Waals surface area contributed by atoms with Gasteiger partial charge in [-0.2, -0.15) is 0 Å². The second kappa shape index (κ2) is 4.88. The molecule has 4 rings (SSSR count). The third kappa shape index (κ3) is 1.93. The quantitative estimate of drug-likeness (QED) is 0.683. The second-order valence-electron chi connectivity index (χ2n) is 5.46. The van der Waals surface area contributed by atoms with Crippen LogP contribution in [0.5, 0.6) is 0 Å².